The van der Waals surface area contributed by atoms with Gasteiger partial charge in [0.05, 0.1) is 9.85 Å². The van der Waals surface area contributed by atoms with E-state index < -0.39 is 28.0 Å². The molecule has 0 saturated heterocycles. The van der Waals surface area contributed by atoms with Crippen molar-refractivity contribution in [2.45, 2.75) is 32.9 Å². The molecule has 0 aromatic heterocycles. The third-order valence-corrected chi connectivity index (χ3v) is 5.40. The van der Waals surface area contributed by atoms with Crippen molar-refractivity contribution < 1.29 is 43.5 Å². The lowest BCUT2D eigenvalue weighted by molar-refractivity contribution is -0.385. The zero-order chi connectivity index (χ0) is 31.8. The first kappa shape index (κ1) is 33.7. The molecule has 3 aromatic rings. The number of carbonyl (C=O) groups excluding carboxylic acids is 2. The third-order valence-electron chi connectivity index (χ3n) is 5.40. The van der Waals surface area contributed by atoms with Crippen LogP contribution in [0.25, 0.3) is 0 Å². The highest BCUT2D eigenvalue weighted by Crippen LogP contribution is 2.18. The number of ether oxygens (including phenoxy) is 3. The van der Waals surface area contributed by atoms with Crippen molar-refractivity contribution in [2.24, 2.45) is 5.92 Å². The number of benzene rings is 3. The van der Waals surface area contributed by atoms with E-state index in [0.29, 0.717) is 17.9 Å². The molecule has 2 N–H and O–H groups in total. The SMILES string of the molecule is CC(C)C[C@H](NC(=O)OCc1ccccc1)C(=O)O.O=C(COc1ccc([N+](=O)[O-])cc1)COc1ccc([N+](=O)[O-])cc1. The number of rotatable bonds is 14. The first-order valence-electron chi connectivity index (χ1n) is 12.9. The van der Waals surface area contributed by atoms with E-state index >= 15 is 0 Å². The number of ketones is 1. The molecule has 1 amide bonds. The Hall–Kier alpha value is -5.53. The van der Waals surface area contributed by atoms with Crippen LogP contribution in [-0.4, -0.2) is 52.1 Å². The molecule has 14 heteroatoms. The molecule has 0 saturated carbocycles. The van der Waals surface area contributed by atoms with E-state index in [0.717, 1.165) is 5.56 Å². The van der Waals surface area contributed by atoms with E-state index in [9.17, 15) is 34.6 Å². The zero-order valence-corrected chi connectivity index (χ0v) is 23.4. The van der Waals surface area contributed by atoms with Crippen molar-refractivity contribution >= 4 is 29.2 Å². The van der Waals surface area contributed by atoms with Gasteiger partial charge < -0.3 is 24.6 Å². The number of nitrogens with zero attached hydrogens (tertiary/aromatic N) is 2. The molecule has 43 heavy (non-hydrogen) atoms. The van der Waals surface area contributed by atoms with Crippen molar-refractivity contribution in [1.29, 1.82) is 0 Å². The number of non-ortho nitro benzene ring substituents is 2. The topological polar surface area (TPSA) is 197 Å². The second-order valence-electron chi connectivity index (χ2n) is 9.34. The van der Waals surface area contributed by atoms with Gasteiger partial charge in [0.2, 0.25) is 5.78 Å². The maximum Gasteiger partial charge on any atom is 0.408 e. The van der Waals surface area contributed by atoms with Gasteiger partial charge in [-0.25, -0.2) is 9.59 Å². The van der Waals surface area contributed by atoms with E-state index in [1.807, 2.05) is 44.2 Å². The minimum Gasteiger partial charge on any atom is -0.486 e. The third kappa shape index (κ3) is 13.1. The Kier molecular flexibility index (Phi) is 13.6. The number of alkyl carbamates (subject to hydrolysis) is 1. The normalized spacial score (nSPS) is 10.9. The molecular weight excluding hydrogens is 566 g/mol. The Labute approximate surface area is 246 Å². The Morgan fingerprint density at radius 3 is 1.65 bits per heavy atom. The van der Waals surface area contributed by atoms with Gasteiger partial charge in [0.15, 0.2) is 0 Å². The van der Waals surface area contributed by atoms with Crippen LogP contribution in [0.3, 0.4) is 0 Å². The molecule has 0 spiro atoms. The molecule has 3 aromatic carbocycles. The summed E-state index contributed by atoms with van der Waals surface area (Å²) in [5.74, 6) is -0.582. The molecule has 0 unspecified atom stereocenters. The molecule has 0 aliphatic heterocycles. The number of carbonyl (C=O) groups is 3. The summed E-state index contributed by atoms with van der Waals surface area (Å²) in [6, 6.07) is 18.9. The van der Waals surface area contributed by atoms with Gasteiger partial charge in [-0.2, -0.15) is 0 Å². The molecule has 0 heterocycles. The van der Waals surface area contributed by atoms with E-state index in [1.165, 1.54) is 48.5 Å². The molecule has 0 bridgehead atoms. The summed E-state index contributed by atoms with van der Waals surface area (Å²) in [6.07, 6.45) is -0.340. The smallest absolute Gasteiger partial charge is 0.408 e. The van der Waals surface area contributed by atoms with Gasteiger partial charge in [0, 0.05) is 24.3 Å². The van der Waals surface area contributed by atoms with Gasteiger partial charge in [-0.1, -0.05) is 44.2 Å². The lowest BCUT2D eigenvalue weighted by atomic mass is 10.0. The lowest BCUT2D eigenvalue weighted by Gasteiger charge is -2.16. The van der Waals surface area contributed by atoms with Crippen LogP contribution in [0.2, 0.25) is 0 Å². The lowest BCUT2D eigenvalue weighted by Crippen LogP contribution is -2.41. The monoisotopic (exact) mass is 597 g/mol. The molecule has 3 rings (SSSR count). The summed E-state index contributed by atoms with van der Waals surface area (Å²) >= 11 is 0. The van der Waals surface area contributed by atoms with E-state index in [2.05, 4.69) is 5.32 Å². The highest BCUT2D eigenvalue weighted by molar-refractivity contribution is 5.81. The summed E-state index contributed by atoms with van der Waals surface area (Å²) in [5.41, 5.74) is 0.707. The summed E-state index contributed by atoms with van der Waals surface area (Å²) in [6.45, 7) is 3.40. The summed E-state index contributed by atoms with van der Waals surface area (Å²) in [4.78, 5) is 54.1. The van der Waals surface area contributed by atoms with Crippen LogP contribution in [0.15, 0.2) is 78.9 Å². The zero-order valence-electron chi connectivity index (χ0n) is 23.4. The predicted molar refractivity (Wildman–Crippen MR) is 153 cm³/mol. The Morgan fingerprint density at radius 1 is 0.791 bits per heavy atom. The summed E-state index contributed by atoms with van der Waals surface area (Å²) in [7, 11) is 0. The number of nitrogens with one attached hydrogen (secondary N) is 1. The van der Waals surface area contributed by atoms with Gasteiger partial charge in [0.25, 0.3) is 11.4 Å². The van der Waals surface area contributed by atoms with Gasteiger partial charge in [-0.3, -0.25) is 25.0 Å². The van der Waals surface area contributed by atoms with Crippen LogP contribution in [0.1, 0.15) is 25.8 Å². The molecule has 1 atom stereocenters. The number of aliphatic carboxylic acids is 1. The number of hydrogen-bond donors (Lipinski definition) is 2. The predicted octanol–water partition coefficient (Wildman–Crippen LogP) is 4.94. The fourth-order valence-corrected chi connectivity index (χ4v) is 3.30. The maximum absolute atomic E-state index is 11.7. The highest BCUT2D eigenvalue weighted by atomic mass is 16.6. The van der Waals surface area contributed by atoms with Crippen molar-refractivity contribution in [3.8, 4) is 11.5 Å². The van der Waals surface area contributed by atoms with Crippen molar-refractivity contribution in [3.63, 3.8) is 0 Å². The van der Waals surface area contributed by atoms with Crippen LogP contribution in [0.5, 0.6) is 11.5 Å². The fraction of sp³-hybridized carbons (Fsp3) is 0.276. The van der Waals surface area contributed by atoms with Crippen molar-refractivity contribution in [1.82, 2.24) is 5.32 Å². The minimum atomic E-state index is -1.05. The standard InChI is InChI=1S/C15H12N2O7.C14H19NO4/c18-13(9-23-14-5-1-11(2-6-14)16(19)20)10-24-15-7-3-12(4-8-15)17(21)22;1-10(2)8-12(13(16)17)15-14(18)19-9-11-6-4-3-5-7-11/h1-8H,9-10H2;3-7,10,12H,8-9H2,1-2H3,(H,15,18)(H,16,17)/t;12-/m.0/s1. The molecular formula is C29H31N3O11. The van der Waals surface area contributed by atoms with Crippen LogP contribution >= 0.6 is 0 Å². The van der Waals surface area contributed by atoms with Gasteiger partial charge in [-0.15, -0.1) is 0 Å². The van der Waals surface area contributed by atoms with Crippen LogP contribution in [0.4, 0.5) is 16.2 Å². The molecule has 0 fully saturated rings. The quantitative estimate of drug-likeness (QED) is 0.188. The average Bonchev–Trinajstić information content (AvgIpc) is 2.98. The first-order chi connectivity index (χ1) is 20.4. The number of hydrogen-bond acceptors (Lipinski definition) is 10. The molecule has 14 nitrogen and oxygen atoms in total. The van der Waals surface area contributed by atoms with Crippen LogP contribution in [0, 0.1) is 26.1 Å². The van der Waals surface area contributed by atoms with Gasteiger partial charge in [-0.05, 0) is 42.2 Å². The van der Waals surface area contributed by atoms with Crippen molar-refractivity contribution in [2.75, 3.05) is 13.2 Å². The average molecular weight is 598 g/mol. The number of amides is 1. The number of nitro benzene ring substituents is 2. The Bertz CT molecular complexity index is 1300. The summed E-state index contributed by atoms with van der Waals surface area (Å²) in [5, 5.41) is 32.4. The van der Waals surface area contributed by atoms with Crippen molar-refractivity contribution in [3.05, 3.63) is 105 Å². The largest absolute Gasteiger partial charge is 0.486 e. The number of nitro groups is 2. The fourth-order valence-electron chi connectivity index (χ4n) is 3.30. The van der Waals surface area contributed by atoms with E-state index in [4.69, 9.17) is 19.3 Å². The number of Topliss-reactive ketones (excluding diaryl/α,β-unsaturated/α-hetero) is 1. The van der Waals surface area contributed by atoms with E-state index in [-0.39, 0.29) is 42.9 Å². The highest BCUT2D eigenvalue weighted by Gasteiger charge is 2.21. The van der Waals surface area contributed by atoms with Crippen LogP contribution in [-0.2, 0) is 20.9 Å². The molecule has 228 valence electrons. The van der Waals surface area contributed by atoms with Crippen LogP contribution < -0.4 is 14.8 Å². The van der Waals surface area contributed by atoms with Gasteiger partial charge in [0.1, 0.15) is 37.4 Å². The second kappa shape index (κ2) is 17.3. The number of carboxylic acid groups (broad SMARTS) is 1. The Morgan fingerprint density at radius 2 is 1.26 bits per heavy atom. The second-order valence-corrected chi connectivity index (χ2v) is 9.34. The molecule has 0 aliphatic rings. The first-order valence-corrected chi connectivity index (χ1v) is 12.9. The maximum atomic E-state index is 11.7. The number of carboxylic acids is 1. The molecule has 0 aliphatic carbocycles. The summed E-state index contributed by atoms with van der Waals surface area (Å²) < 4.78 is 15.4. The Balaban J connectivity index is 0.000000309. The minimum absolute atomic E-state index is 0.0739. The van der Waals surface area contributed by atoms with Gasteiger partial charge >= 0.3 is 12.1 Å². The van der Waals surface area contributed by atoms with E-state index in [1.54, 1.807) is 0 Å². The molecule has 0 radical (unpaired) electrons.